The van der Waals surface area contributed by atoms with Crippen molar-refractivity contribution in [1.82, 2.24) is 24.8 Å². The van der Waals surface area contributed by atoms with E-state index in [1.165, 1.54) is 57.5 Å². The molecule has 0 bridgehead atoms. The zero-order chi connectivity index (χ0) is 33.4. The third-order valence-electron chi connectivity index (χ3n) is 11.4. The number of hydrogen-bond donors (Lipinski definition) is 3. The Morgan fingerprint density at radius 3 is 2.12 bits per heavy atom. The maximum absolute atomic E-state index is 12.8. The summed E-state index contributed by atoms with van der Waals surface area (Å²) in [6.07, 6.45) is 11.1. The number of aromatic nitrogens is 3. The minimum absolute atomic E-state index is 0.0478. The van der Waals surface area contributed by atoms with Crippen LogP contribution in [0.4, 0.5) is 23.0 Å². The summed E-state index contributed by atoms with van der Waals surface area (Å²) in [6.45, 7) is 8.70. The van der Waals surface area contributed by atoms with Gasteiger partial charge in [0.1, 0.15) is 17.1 Å². The third-order valence-corrected chi connectivity index (χ3v) is 11.4. The normalized spacial score (nSPS) is 22.1. The molecule has 3 aliphatic heterocycles. The molecular formula is C37H49N9O3. The van der Waals surface area contributed by atoms with Crippen LogP contribution in [0.5, 0.6) is 5.75 Å². The number of hydrogen-bond acceptors (Lipinski definition) is 11. The lowest BCUT2D eigenvalue weighted by molar-refractivity contribution is -0.131. The van der Waals surface area contributed by atoms with Gasteiger partial charge in [0.25, 0.3) is 5.91 Å². The molecule has 5 heterocycles. The van der Waals surface area contributed by atoms with Gasteiger partial charge in [-0.05, 0) is 87.8 Å². The first-order valence-corrected chi connectivity index (χ1v) is 18.1. The molecule has 12 nitrogen and oxygen atoms in total. The van der Waals surface area contributed by atoms with Gasteiger partial charge in [0.15, 0.2) is 17.3 Å². The van der Waals surface area contributed by atoms with Crippen LogP contribution in [0.3, 0.4) is 0 Å². The number of anilines is 4. The zero-order valence-corrected chi connectivity index (χ0v) is 28.6. The number of benzene rings is 1. The molecule has 0 radical (unpaired) electrons. The first kappa shape index (κ1) is 32.2. The van der Waals surface area contributed by atoms with Gasteiger partial charge in [0.05, 0.1) is 20.3 Å². The topological polar surface area (TPSA) is 134 Å². The average Bonchev–Trinajstić information content (AvgIpc) is 3.98. The Balaban J connectivity index is 0.975. The van der Waals surface area contributed by atoms with E-state index < -0.39 is 5.91 Å². The molecule has 12 heteroatoms. The van der Waals surface area contributed by atoms with E-state index in [4.69, 9.17) is 25.2 Å². The van der Waals surface area contributed by atoms with Crippen LogP contribution < -0.4 is 26.0 Å². The third kappa shape index (κ3) is 6.91. The van der Waals surface area contributed by atoms with E-state index in [1.54, 1.807) is 19.4 Å². The molecular weight excluding hydrogens is 618 g/mol. The number of primary amides is 1. The van der Waals surface area contributed by atoms with E-state index in [-0.39, 0.29) is 11.7 Å². The van der Waals surface area contributed by atoms with Crippen molar-refractivity contribution in [3.05, 3.63) is 48.3 Å². The van der Waals surface area contributed by atoms with Crippen LogP contribution in [0.1, 0.15) is 61.9 Å². The number of piperazine rings is 1. The van der Waals surface area contributed by atoms with Gasteiger partial charge in [-0.15, -0.1) is 0 Å². The highest BCUT2D eigenvalue weighted by atomic mass is 16.5. The molecule has 8 rings (SSSR count). The lowest BCUT2D eigenvalue weighted by Gasteiger charge is -2.46. The summed E-state index contributed by atoms with van der Waals surface area (Å²) >= 11 is 0. The predicted octanol–water partition coefficient (Wildman–Crippen LogP) is 4.51. The minimum Gasteiger partial charge on any atom is -0.494 e. The first-order valence-electron chi connectivity index (χ1n) is 18.1. The standard InChI is InChI=1S/C37H49N9O3/c1-48-30-3-2-16-39-31(30)32-35(41-26-10-14-37(15-11-26)23-49-24-37)43-36(33(42-32)34(38)47)40-25-4-6-27(7-5-25)44-17-12-29(13-18-44)46-21-19-45(20-22-46)28-8-9-28/h2-7,16,26,28-29H,8-15,17-24H2,1H3,(H2,38,47)(H2,40,41,43). The van der Waals surface area contributed by atoms with Crippen molar-refractivity contribution in [2.45, 2.75) is 69.5 Å². The van der Waals surface area contributed by atoms with Gasteiger partial charge in [-0.25, -0.2) is 9.97 Å². The first-order chi connectivity index (χ1) is 24.0. The molecule has 0 atom stereocenters. The highest BCUT2D eigenvalue weighted by Gasteiger charge is 2.42. The van der Waals surface area contributed by atoms with Crippen LogP contribution in [-0.4, -0.2) is 108 Å². The number of nitrogens with one attached hydrogen (secondary N) is 2. The highest BCUT2D eigenvalue weighted by molar-refractivity contribution is 5.97. The molecule has 5 aliphatic rings. The number of rotatable bonds is 10. The highest BCUT2D eigenvalue weighted by Crippen LogP contribution is 2.43. The molecule has 3 saturated heterocycles. The number of nitrogens with two attached hydrogens (primary N) is 1. The van der Waals surface area contributed by atoms with E-state index in [0.29, 0.717) is 40.2 Å². The Morgan fingerprint density at radius 1 is 0.857 bits per heavy atom. The fourth-order valence-electron chi connectivity index (χ4n) is 8.23. The van der Waals surface area contributed by atoms with Crippen LogP contribution in [0.2, 0.25) is 0 Å². The quantitative estimate of drug-likeness (QED) is 0.282. The molecule has 4 N–H and O–H groups in total. The Bertz CT molecular complexity index is 1620. The molecule has 1 aromatic carbocycles. The molecule has 2 aromatic heterocycles. The number of carbonyl (C=O) groups excluding carboxylic acids is 1. The van der Waals surface area contributed by atoms with Crippen molar-refractivity contribution in [3.63, 3.8) is 0 Å². The second-order valence-corrected chi connectivity index (χ2v) is 14.6. The second kappa shape index (κ2) is 13.7. The number of piperidine rings is 1. The number of pyridine rings is 1. The van der Waals surface area contributed by atoms with Gasteiger partial charge in [-0.2, -0.15) is 0 Å². The number of carbonyl (C=O) groups is 1. The lowest BCUT2D eigenvalue weighted by atomic mass is 9.71. The van der Waals surface area contributed by atoms with Crippen molar-refractivity contribution in [3.8, 4) is 17.1 Å². The van der Waals surface area contributed by atoms with Crippen molar-refractivity contribution in [2.24, 2.45) is 11.1 Å². The summed E-state index contributed by atoms with van der Waals surface area (Å²) in [5.74, 6) is 0.726. The molecule has 5 fully saturated rings. The number of ether oxygens (including phenoxy) is 2. The Hall–Kier alpha value is -4.00. The average molecular weight is 668 g/mol. The van der Waals surface area contributed by atoms with Crippen molar-refractivity contribution < 1.29 is 14.3 Å². The molecule has 3 aromatic rings. The molecule has 260 valence electrons. The summed E-state index contributed by atoms with van der Waals surface area (Å²) < 4.78 is 11.2. The van der Waals surface area contributed by atoms with E-state index in [0.717, 1.165) is 63.7 Å². The molecule has 1 amide bonds. The van der Waals surface area contributed by atoms with Gasteiger partial charge in [0, 0.05) is 80.4 Å². The lowest BCUT2D eigenvalue weighted by Crippen LogP contribution is -2.53. The summed E-state index contributed by atoms with van der Waals surface area (Å²) in [6, 6.07) is 13.8. The molecule has 2 aliphatic carbocycles. The number of nitrogens with zero attached hydrogens (tertiary/aromatic N) is 6. The van der Waals surface area contributed by atoms with Crippen molar-refractivity contribution >= 4 is 28.9 Å². The van der Waals surface area contributed by atoms with E-state index in [2.05, 4.69) is 42.5 Å². The van der Waals surface area contributed by atoms with Crippen LogP contribution in [0.15, 0.2) is 42.6 Å². The number of amides is 1. The van der Waals surface area contributed by atoms with Crippen LogP contribution in [-0.2, 0) is 4.74 Å². The van der Waals surface area contributed by atoms with E-state index in [9.17, 15) is 4.79 Å². The van der Waals surface area contributed by atoms with Gasteiger partial charge in [-0.1, -0.05) is 0 Å². The van der Waals surface area contributed by atoms with Crippen LogP contribution in [0.25, 0.3) is 11.4 Å². The smallest absolute Gasteiger partial charge is 0.271 e. The maximum atomic E-state index is 12.8. The van der Waals surface area contributed by atoms with Gasteiger partial charge < -0.3 is 30.7 Å². The van der Waals surface area contributed by atoms with E-state index in [1.807, 2.05) is 18.2 Å². The second-order valence-electron chi connectivity index (χ2n) is 14.6. The fraction of sp³-hybridized carbons (Fsp3) is 0.568. The Kier molecular flexibility index (Phi) is 9.02. The molecule has 0 unspecified atom stereocenters. The van der Waals surface area contributed by atoms with Gasteiger partial charge in [-0.3, -0.25) is 19.6 Å². The zero-order valence-electron chi connectivity index (χ0n) is 28.6. The Morgan fingerprint density at radius 2 is 1.53 bits per heavy atom. The SMILES string of the molecule is COc1cccnc1-c1nc(C(N)=O)c(Nc2ccc(N3CCC(N4CCN(C5CC5)CC4)CC3)cc2)nc1NC1CCC2(CC1)COC2. The van der Waals surface area contributed by atoms with Crippen molar-refractivity contribution in [2.75, 3.05) is 75.1 Å². The van der Waals surface area contributed by atoms with Crippen LogP contribution in [0, 0.1) is 5.41 Å². The molecule has 2 saturated carbocycles. The fourth-order valence-corrected chi connectivity index (χ4v) is 8.23. The Labute approximate surface area is 288 Å². The van der Waals surface area contributed by atoms with E-state index >= 15 is 0 Å². The summed E-state index contributed by atoms with van der Waals surface area (Å²) in [7, 11) is 1.59. The monoisotopic (exact) mass is 667 g/mol. The van der Waals surface area contributed by atoms with Gasteiger partial charge in [0.2, 0.25) is 0 Å². The largest absolute Gasteiger partial charge is 0.494 e. The molecule has 1 spiro atoms. The van der Waals surface area contributed by atoms with Crippen molar-refractivity contribution in [1.29, 1.82) is 0 Å². The molecule has 49 heavy (non-hydrogen) atoms. The summed E-state index contributed by atoms with van der Waals surface area (Å²) in [5, 5.41) is 7.01. The van der Waals surface area contributed by atoms with Crippen LogP contribution >= 0.6 is 0 Å². The predicted molar refractivity (Wildman–Crippen MR) is 191 cm³/mol. The minimum atomic E-state index is -0.671. The maximum Gasteiger partial charge on any atom is 0.271 e. The van der Waals surface area contributed by atoms with Gasteiger partial charge >= 0.3 is 0 Å². The number of methoxy groups -OCH3 is 1. The summed E-state index contributed by atoms with van der Waals surface area (Å²) in [5.41, 5.74) is 9.23. The summed E-state index contributed by atoms with van der Waals surface area (Å²) in [4.78, 5) is 35.0.